The van der Waals surface area contributed by atoms with Crippen molar-refractivity contribution < 1.29 is 13.2 Å². The Morgan fingerprint density at radius 1 is 0.957 bits per heavy atom. The van der Waals surface area contributed by atoms with Crippen molar-refractivity contribution >= 4 is 16.0 Å². The third-order valence-electron chi connectivity index (χ3n) is 4.14. The zero-order valence-electron chi connectivity index (χ0n) is 13.6. The number of anilines is 1. The van der Waals surface area contributed by atoms with Crippen LogP contribution in [-0.4, -0.2) is 79.5 Å². The Balaban J connectivity index is 1.65. The van der Waals surface area contributed by atoms with E-state index in [2.05, 4.69) is 14.9 Å². The van der Waals surface area contributed by atoms with E-state index in [0.717, 1.165) is 17.3 Å². The Morgan fingerprint density at radius 3 is 2.17 bits per heavy atom. The van der Waals surface area contributed by atoms with E-state index in [1.54, 1.807) is 4.31 Å². The molecule has 0 N–H and O–H groups in total. The number of ether oxygens (including phenoxy) is 1. The molecule has 1 aromatic heterocycles. The summed E-state index contributed by atoms with van der Waals surface area (Å²) in [7, 11) is -3.38. The summed E-state index contributed by atoms with van der Waals surface area (Å²) in [6, 6.07) is 1.94. The van der Waals surface area contributed by atoms with Crippen molar-refractivity contribution in [1.82, 2.24) is 18.6 Å². The van der Waals surface area contributed by atoms with Crippen LogP contribution in [0.4, 0.5) is 5.82 Å². The Morgan fingerprint density at radius 2 is 1.57 bits per heavy atom. The van der Waals surface area contributed by atoms with E-state index in [-0.39, 0.29) is 0 Å². The highest BCUT2D eigenvalue weighted by atomic mass is 32.2. The Kier molecular flexibility index (Phi) is 4.81. The van der Waals surface area contributed by atoms with Crippen LogP contribution in [0, 0.1) is 13.8 Å². The largest absolute Gasteiger partial charge is 0.379 e. The fourth-order valence-corrected chi connectivity index (χ4v) is 4.51. The van der Waals surface area contributed by atoms with Gasteiger partial charge in [-0.3, -0.25) is 0 Å². The van der Waals surface area contributed by atoms with Crippen LogP contribution < -0.4 is 4.90 Å². The lowest BCUT2D eigenvalue weighted by Gasteiger charge is -2.38. The first kappa shape index (κ1) is 16.6. The van der Waals surface area contributed by atoms with E-state index in [0.29, 0.717) is 52.5 Å². The van der Waals surface area contributed by atoms with Gasteiger partial charge in [-0.1, -0.05) is 0 Å². The molecule has 0 spiro atoms. The Bertz CT molecular complexity index is 632. The van der Waals surface area contributed by atoms with Gasteiger partial charge in [-0.25, -0.2) is 9.97 Å². The van der Waals surface area contributed by atoms with Crippen molar-refractivity contribution in [3.05, 3.63) is 17.6 Å². The first-order chi connectivity index (χ1) is 11.0. The quantitative estimate of drug-likeness (QED) is 0.757. The van der Waals surface area contributed by atoms with Gasteiger partial charge >= 0.3 is 0 Å². The highest BCUT2D eigenvalue weighted by molar-refractivity contribution is 7.86. The van der Waals surface area contributed by atoms with Gasteiger partial charge in [0.1, 0.15) is 11.6 Å². The number of aromatic nitrogens is 2. The van der Waals surface area contributed by atoms with Crippen molar-refractivity contribution in [3.8, 4) is 0 Å². The molecular formula is C14H23N5O3S. The minimum Gasteiger partial charge on any atom is -0.379 e. The molecule has 0 amide bonds. The van der Waals surface area contributed by atoms with Gasteiger partial charge in [0, 0.05) is 51.0 Å². The van der Waals surface area contributed by atoms with Crippen molar-refractivity contribution in [2.45, 2.75) is 13.8 Å². The second-order valence-corrected chi connectivity index (χ2v) is 7.75. The highest BCUT2D eigenvalue weighted by Crippen LogP contribution is 2.18. The van der Waals surface area contributed by atoms with Crippen LogP contribution in [0.15, 0.2) is 6.07 Å². The summed E-state index contributed by atoms with van der Waals surface area (Å²) in [5, 5.41) is 0. The van der Waals surface area contributed by atoms with Crippen LogP contribution >= 0.6 is 0 Å². The first-order valence-electron chi connectivity index (χ1n) is 7.87. The number of piperazine rings is 1. The molecule has 3 rings (SSSR count). The molecule has 0 bridgehead atoms. The molecule has 8 nitrogen and oxygen atoms in total. The van der Waals surface area contributed by atoms with E-state index in [1.807, 2.05) is 19.9 Å². The molecule has 0 radical (unpaired) electrons. The molecule has 23 heavy (non-hydrogen) atoms. The van der Waals surface area contributed by atoms with E-state index in [1.165, 1.54) is 4.31 Å². The monoisotopic (exact) mass is 341 g/mol. The van der Waals surface area contributed by atoms with E-state index in [4.69, 9.17) is 4.74 Å². The second kappa shape index (κ2) is 6.68. The summed E-state index contributed by atoms with van der Waals surface area (Å²) >= 11 is 0. The first-order valence-corrected chi connectivity index (χ1v) is 9.27. The predicted octanol–water partition coefficient (Wildman–Crippen LogP) is -0.208. The van der Waals surface area contributed by atoms with Gasteiger partial charge < -0.3 is 9.64 Å². The molecule has 0 atom stereocenters. The molecule has 2 aliphatic rings. The molecule has 0 aromatic carbocycles. The molecular weight excluding hydrogens is 318 g/mol. The maximum absolute atomic E-state index is 12.6. The lowest BCUT2D eigenvalue weighted by molar-refractivity contribution is 0.0700. The number of nitrogens with zero attached hydrogens (tertiary/aromatic N) is 5. The molecule has 2 fully saturated rings. The van der Waals surface area contributed by atoms with Gasteiger partial charge in [0.2, 0.25) is 0 Å². The van der Waals surface area contributed by atoms with E-state index < -0.39 is 10.2 Å². The molecule has 2 saturated heterocycles. The zero-order valence-corrected chi connectivity index (χ0v) is 14.4. The maximum Gasteiger partial charge on any atom is 0.282 e. The summed E-state index contributed by atoms with van der Waals surface area (Å²) in [4.78, 5) is 10.9. The van der Waals surface area contributed by atoms with E-state index >= 15 is 0 Å². The molecule has 128 valence electrons. The van der Waals surface area contributed by atoms with Gasteiger partial charge in [0.05, 0.1) is 13.2 Å². The SMILES string of the molecule is Cc1cc(N2CCN(S(=O)(=O)N3CCOCC3)CC2)nc(C)n1. The predicted molar refractivity (Wildman–Crippen MR) is 86.6 cm³/mol. The molecule has 0 saturated carbocycles. The smallest absolute Gasteiger partial charge is 0.282 e. The average Bonchev–Trinajstić information content (AvgIpc) is 2.55. The van der Waals surface area contributed by atoms with Crippen LogP contribution in [-0.2, 0) is 14.9 Å². The van der Waals surface area contributed by atoms with Gasteiger partial charge in [0.15, 0.2) is 0 Å². The van der Waals surface area contributed by atoms with Crippen LogP contribution in [0.1, 0.15) is 11.5 Å². The standard InChI is InChI=1S/C14H23N5O3S/c1-12-11-14(16-13(2)15-12)17-3-5-18(6-4-17)23(20,21)19-7-9-22-10-8-19/h11H,3-10H2,1-2H3. The number of hydrogen-bond donors (Lipinski definition) is 0. The molecule has 1 aromatic rings. The van der Waals surface area contributed by atoms with Gasteiger partial charge in [-0.05, 0) is 13.8 Å². The maximum atomic E-state index is 12.6. The van der Waals surface area contributed by atoms with Crippen LogP contribution in [0.3, 0.4) is 0 Å². The van der Waals surface area contributed by atoms with Crippen molar-refractivity contribution in [3.63, 3.8) is 0 Å². The third-order valence-corrected chi connectivity index (χ3v) is 6.17. The number of rotatable bonds is 3. The molecule has 0 aliphatic carbocycles. The van der Waals surface area contributed by atoms with Gasteiger partial charge in [0.25, 0.3) is 10.2 Å². The molecule has 0 unspecified atom stereocenters. The number of hydrogen-bond acceptors (Lipinski definition) is 6. The second-order valence-electron chi connectivity index (χ2n) is 5.82. The zero-order chi connectivity index (χ0) is 16.4. The summed E-state index contributed by atoms with van der Waals surface area (Å²) in [6.45, 7) is 7.85. The summed E-state index contributed by atoms with van der Waals surface area (Å²) in [5.41, 5.74) is 0.927. The van der Waals surface area contributed by atoms with Crippen LogP contribution in [0.25, 0.3) is 0 Å². The van der Waals surface area contributed by atoms with Gasteiger partial charge in [-0.2, -0.15) is 17.0 Å². The lowest BCUT2D eigenvalue weighted by Crippen LogP contribution is -2.55. The summed E-state index contributed by atoms with van der Waals surface area (Å²) < 4.78 is 33.6. The molecule has 3 heterocycles. The third kappa shape index (κ3) is 3.63. The van der Waals surface area contributed by atoms with Crippen LogP contribution in [0.2, 0.25) is 0 Å². The van der Waals surface area contributed by atoms with Crippen LogP contribution in [0.5, 0.6) is 0 Å². The molecule has 2 aliphatic heterocycles. The number of morpholine rings is 1. The fraction of sp³-hybridized carbons (Fsp3) is 0.714. The van der Waals surface area contributed by atoms with Gasteiger partial charge in [-0.15, -0.1) is 0 Å². The Hall–Kier alpha value is -1.29. The fourth-order valence-electron chi connectivity index (χ4n) is 2.95. The average molecular weight is 341 g/mol. The summed E-state index contributed by atoms with van der Waals surface area (Å²) in [5.74, 6) is 1.61. The topological polar surface area (TPSA) is 78.9 Å². The normalized spacial score (nSPS) is 21.6. The minimum absolute atomic E-state index is 0.437. The Labute approximate surface area is 137 Å². The van der Waals surface area contributed by atoms with Crippen molar-refractivity contribution in [2.75, 3.05) is 57.4 Å². The summed E-state index contributed by atoms with van der Waals surface area (Å²) in [6.07, 6.45) is 0. The minimum atomic E-state index is -3.38. The van der Waals surface area contributed by atoms with E-state index in [9.17, 15) is 8.42 Å². The van der Waals surface area contributed by atoms with Crippen molar-refractivity contribution in [2.24, 2.45) is 0 Å². The number of aryl methyl sites for hydroxylation is 2. The molecule has 9 heteroatoms. The lowest BCUT2D eigenvalue weighted by atomic mass is 10.3. The highest BCUT2D eigenvalue weighted by Gasteiger charge is 2.33. The van der Waals surface area contributed by atoms with Crippen molar-refractivity contribution in [1.29, 1.82) is 0 Å².